The van der Waals surface area contributed by atoms with Gasteiger partial charge in [-0.15, -0.1) is 0 Å². The molecular formula is C7H7BrMgO. The van der Waals surface area contributed by atoms with E-state index in [2.05, 4.69) is 15.9 Å². The van der Waals surface area contributed by atoms with Gasteiger partial charge in [-0.25, -0.2) is 0 Å². The molecule has 0 spiro atoms. The van der Waals surface area contributed by atoms with E-state index in [0.29, 0.717) is 0 Å². The Morgan fingerprint density at radius 1 is 1.40 bits per heavy atom. The van der Waals surface area contributed by atoms with E-state index in [1.54, 1.807) is 7.11 Å². The minimum Gasteiger partial charge on any atom is -0.497 e. The molecule has 1 aromatic carbocycles. The van der Waals surface area contributed by atoms with E-state index in [-0.39, 0.29) is 23.1 Å². The van der Waals surface area contributed by atoms with Crippen molar-refractivity contribution in [2.75, 3.05) is 7.11 Å². The van der Waals surface area contributed by atoms with Gasteiger partial charge in [0.1, 0.15) is 5.75 Å². The fraction of sp³-hybridized carbons (Fsp3) is 0.143. The molecule has 0 fully saturated rings. The third-order valence-corrected chi connectivity index (χ3v) is 1.53. The van der Waals surface area contributed by atoms with Crippen LogP contribution in [0, 0.1) is 0 Å². The molecule has 0 aromatic heterocycles. The highest BCUT2D eigenvalue weighted by Crippen LogP contribution is 2.16. The zero-order chi connectivity index (χ0) is 6.69. The molecule has 1 nitrogen and oxygen atoms in total. The number of rotatable bonds is 1. The van der Waals surface area contributed by atoms with E-state index >= 15 is 0 Å². The Morgan fingerprint density at radius 3 is 2.50 bits per heavy atom. The van der Waals surface area contributed by atoms with E-state index < -0.39 is 0 Å². The summed E-state index contributed by atoms with van der Waals surface area (Å²) in [5, 5.41) is 0. The molecule has 0 N–H and O–H groups in total. The summed E-state index contributed by atoms with van der Waals surface area (Å²) in [6.45, 7) is 0. The van der Waals surface area contributed by atoms with Crippen LogP contribution in [0.3, 0.4) is 0 Å². The average molecular weight is 211 g/mol. The van der Waals surface area contributed by atoms with Crippen LogP contribution in [0.25, 0.3) is 0 Å². The minimum atomic E-state index is 0. The Morgan fingerprint density at radius 2 is 2.10 bits per heavy atom. The summed E-state index contributed by atoms with van der Waals surface area (Å²) in [5.41, 5.74) is 0. The summed E-state index contributed by atoms with van der Waals surface area (Å²) in [5.74, 6) is 0.879. The van der Waals surface area contributed by atoms with Crippen molar-refractivity contribution in [1.29, 1.82) is 0 Å². The van der Waals surface area contributed by atoms with Gasteiger partial charge in [0.25, 0.3) is 0 Å². The van der Waals surface area contributed by atoms with Crippen LogP contribution in [0.1, 0.15) is 0 Å². The molecule has 10 heavy (non-hydrogen) atoms. The van der Waals surface area contributed by atoms with Crippen molar-refractivity contribution in [3.63, 3.8) is 0 Å². The molecule has 2 radical (unpaired) electrons. The van der Waals surface area contributed by atoms with Gasteiger partial charge in [0.2, 0.25) is 0 Å². The third kappa shape index (κ3) is 2.90. The minimum absolute atomic E-state index is 0. The van der Waals surface area contributed by atoms with E-state index in [9.17, 15) is 0 Å². The van der Waals surface area contributed by atoms with Gasteiger partial charge in [-0.05, 0) is 18.2 Å². The first-order valence-electron chi connectivity index (χ1n) is 2.62. The van der Waals surface area contributed by atoms with Gasteiger partial charge in [0, 0.05) is 27.5 Å². The molecule has 0 unspecified atom stereocenters. The average Bonchev–Trinajstić information content (AvgIpc) is 1.88. The third-order valence-electron chi connectivity index (χ3n) is 1.03. The standard InChI is InChI=1S/C7H7BrO.Mg/c1-9-7-4-2-3-6(8)5-7;/h2-5H,1H3;. The molecule has 0 heterocycles. The summed E-state index contributed by atoms with van der Waals surface area (Å²) in [7, 11) is 1.65. The maximum atomic E-state index is 4.96. The molecule has 0 aliphatic carbocycles. The maximum Gasteiger partial charge on any atom is 0.119 e. The highest BCUT2D eigenvalue weighted by molar-refractivity contribution is 9.10. The number of halogens is 1. The second-order valence-electron chi connectivity index (χ2n) is 1.66. The SMILES string of the molecule is COc1cccc(Br)c1.[Mg]. The van der Waals surface area contributed by atoms with Crippen molar-refractivity contribution in [2.24, 2.45) is 0 Å². The Bertz CT molecular complexity index is 203. The molecule has 50 valence electrons. The highest BCUT2D eigenvalue weighted by atomic mass is 79.9. The monoisotopic (exact) mass is 210 g/mol. The predicted octanol–water partition coefficient (Wildman–Crippen LogP) is 2.08. The van der Waals surface area contributed by atoms with Crippen LogP contribution in [-0.2, 0) is 0 Å². The van der Waals surface area contributed by atoms with Gasteiger partial charge >= 0.3 is 0 Å². The number of benzene rings is 1. The van der Waals surface area contributed by atoms with Crippen LogP contribution in [-0.4, -0.2) is 30.2 Å². The van der Waals surface area contributed by atoms with E-state index in [1.165, 1.54) is 0 Å². The molecule has 0 saturated heterocycles. The van der Waals surface area contributed by atoms with Gasteiger partial charge in [-0.2, -0.15) is 0 Å². The van der Waals surface area contributed by atoms with Gasteiger partial charge in [0.05, 0.1) is 7.11 Å². The van der Waals surface area contributed by atoms with Crippen molar-refractivity contribution >= 4 is 39.0 Å². The van der Waals surface area contributed by atoms with Crippen molar-refractivity contribution in [3.05, 3.63) is 28.7 Å². The largest absolute Gasteiger partial charge is 0.497 e. The summed E-state index contributed by atoms with van der Waals surface area (Å²) >= 11 is 3.32. The van der Waals surface area contributed by atoms with Crippen LogP contribution in [0.2, 0.25) is 0 Å². The van der Waals surface area contributed by atoms with Gasteiger partial charge in [0.15, 0.2) is 0 Å². The van der Waals surface area contributed by atoms with Crippen molar-refractivity contribution < 1.29 is 4.74 Å². The lowest BCUT2D eigenvalue weighted by Gasteiger charge is -1.96. The topological polar surface area (TPSA) is 9.23 Å². The summed E-state index contributed by atoms with van der Waals surface area (Å²) < 4.78 is 6.01. The van der Waals surface area contributed by atoms with Crippen LogP contribution >= 0.6 is 15.9 Å². The zero-order valence-corrected chi connectivity index (χ0v) is 8.80. The number of methoxy groups -OCH3 is 1. The molecule has 1 aromatic rings. The first kappa shape index (κ1) is 10.3. The smallest absolute Gasteiger partial charge is 0.119 e. The van der Waals surface area contributed by atoms with Crippen LogP contribution in [0.15, 0.2) is 28.7 Å². The molecule has 0 amide bonds. The van der Waals surface area contributed by atoms with Crippen LogP contribution < -0.4 is 4.74 Å². The predicted molar refractivity (Wildman–Crippen MR) is 46.4 cm³/mol. The van der Waals surface area contributed by atoms with Gasteiger partial charge in [-0.1, -0.05) is 22.0 Å². The molecule has 1 rings (SSSR count). The lowest BCUT2D eigenvalue weighted by atomic mass is 10.3. The van der Waals surface area contributed by atoms with Crippen molar-refractivity contribution in [1.82, 2.24) is 0 Å². The lowest BCUT2D eigenvalue weighted by Crippen LogP contribution is -1.79. The second kappa shape index (κ2) is 4.99. The highest BCUT2D eigenvalue weighted by Gasteiger charge is 1.88. The molecular weight excluding hydrogens is 204 g/mol. The summed E-state index contributed by atoms with van der Waals surface area (Å²) in [6.07, 6.45) is 0. The van der Waals surface area contributed by atoms with Gasteiger partial charge < -0.3 is 4.74 Å². The lowest BCUT2D eigenvalue weighted by molar-refractivity contribution is 0.414. The number of hydrogen-bond acceptors (Lipinski definition) is 1. The van der Waals surface area contributed by atoms with E-state index in [4.69, 9.17) is 4.74 Å². The Balaban J connectivity index is 0.000000810. The van der Waals surface area contributed by atoms with E-state index in [0.717, 1.165) is 10.2 Å². The van der Waals surface area contributed by atoms with E-state index in [1.807, 2.05) is 24.3 Å². The molecule has 0 aliphatic heterocycles. The van der Waals surface area contributed by atoms with Crippen LogP contribution in [0.4, 0.5) is 0 Å². The number of ether oxygens (including phenoxy) is 1. The fourth-order valence-electron chi connectivity index (χ4n) is 0.594. The Kier molecular flexibility index (Phi) is 5.12. The summed E-state index contributed by atoms with van der Waals surface area (Å²) in [6, 6.07) is 7.72. The Labute approximate surface area is 85.0 Å². The zero-order valence-electron chi connectivity index (χ0n) is 5.80. The maximum absolute atomic E-state index is 4.96. The normalized spacial score (nSPS) is 8.20. The second-order valence-corrected chi connectivity index (χ2v) is 2.58. The van der Waals surface area contributed by atoms with Crippen LogP contribution in [0.5, 0.6) is 5.75 Å². The molecule has 0 atom stereocenters. The van der Waals surface area contributed by atoms with Gasteiger partial charge in [-0.3, -0.25) is 0 Å². The molecule has 0 saturated carbocycles. The molecule has 0 bridgehead atoms. The summed E-state index contributed by atoms with van der Waals surface area (Å²) in [4.78, 5) is 0. The fourth-order valence-corrected chi connectivity index (χ4v) is 0.972. The first-order valence-corrected chi connectivity index (χ1v) is 3.42. The first-order chi connectivity index (χ1) is 4.33. The Hall–Kier alpha value is 0.266. The van der Waals surface area contributed by atoms with Crippen molar-refractivity contribution in [2.45, 2.75) is 0 Å². The quantitative estimate of drug-likeness (QED) is 0.646. The molecule has 3 heteroatoms. The number of hydrogen-bond donors (Lipinski definition) is 0. The molecule has 0 aliphatic rings. The van der Waals surface area contributed by atoms with Crippen molar-refractivity contribution in [3.8, 4) is 5.75 Å².